The first-order chi connectivity index (χ1) is 9.58. The van der Waals surface area contributed by atoms with Gasteiger partial charge in [-0.3, -0.25) is 19.6 Å². The number of pyridine rings is 1. The summed E-state index contributed by atoms with van der Waals surface area (Å²) in [7, 11) is 0. The van der Waals surface area contributed by atoms with Crippen molar-refractivity contribution in [3.8, 4) is 0 Å². The fourth-order valence-corrected chi connectivity index (χ4v) is 1.72. The number of halogens is 1. The lowest BCUT2D eigenvalue weighted by Gasteiger charge is -2.06. The monoisotopic (exact) mass is 295 g/mol. The van der Waals surface area contributed by atoms with Crippen molar-refractivity contribution in [3.05, 3.63) is 51.6 Å². The Hall–Kier alpha value is -2.48. The number of amides is 1. The molecule has 104 valence electrons. The van der Waals surface area contributed by atoms with E-state index >= 15 is 0 Å². The zero-order valence-electron chi connectivity index (χ0n) is 10.2. The SMILES string of the molecule is O=C(NCCn1cccn1)c1cc(Cl)ncc1[N+](=O)[O-]. The minimum absolute atomic E-state index is 0.0211. The zero-order valence-corrected chi connectivity index (χ0v) is 10.9. The van der Waals surface area contributed by atoms with Crippen LogP contribution in [0.5, 0.6) is 0 Å². The summed E-state index contributed by atoms with van der Waals surface area (Å²) in [6, 6.07) is 2.93. The molecule has 0 spiro atoms. The number of hydrogen-bond donors (Lipinski definition) is 1. The third-order valence-corrected chi connectivity index (χ3v) is 2.68. The van der Waals surface area contributed by atoms with Gasteiger partial charge in [0.2, 0.25) is 0 Å². The molecule has 0 saturated carbocycles. The van der Waals surface area contributed by atoms with Crippen molar-refractivity contribution in [2.75, 3.05) is 6.54 Å². The van der Waals surface area contributed by atoms with Gasteiger partial charge in [0.1, 0.15) is 16.9 Å². The van der Waals surface area contributed by atoms with Crippen LogP contribution in [0.2, 0.25) is 5.15 Å². The molecule has 2 aromatic heterocycles. The highest BCUT2D eigenvalue weighted by Gasteiger charge is 2.21. The highest BCUT2D eigenvalue weighted by Crippen LogP contribution is 2.19. The lowest BCUT2D eigenvalue weighted by molar-refractivity contribution is -0.385. The third-order valence-electron chi connectivity index (χ3n) is 2.48. The van der Waals surface area contributed by atoms with Gasteiger partial charge in [-0.1, -0.05) is 11.6 Å². The molecule has 0 saturated heterocycles. The predicted molar refractivity (Wildman–Crippen MR) is 70.5 cm³/mol. The van der Waals surface area contributed by atoms with E-state index in [2.05, 4.69) is 15.4 Å². The number of nitrogens with zero attached hydrogens (tertiary/aromatic N) is 4. The van der Waals surface area contributed by atoms with Crippen molar-refractivity contribution in [2.24, 2.45) is 0 Å². The molecular weight excluding hydrogens is 286 g/mol. The largest absolute Gasteiger partial charge is 0.350 e. The van der Waals surface area contributed by atoms with E-state index in [1.807, 2.05) is 0 Å². The van der Waals surface area contributed by atoms with Gasteiger partial charge in [-0.15, -0.1) is 0 Å². The van der Waals surface area contributed by atoms with Crippen molar-refractivity contribution < 1.29 is 9.72 Å². The lowest BCUT2D eigenvalue weighted by atomic mass is 10.2. The molecule has 2 heterocycles. The molecule has 0 unspecified atom stereocenters. The van der Waals surface area contributed by atoms with Crippen LogP contribution in [0.25, 0.3) is 0 Å². The van der Waals surface area contributed by atoms with E-state index in [1.165, 1.54) is 6.07 Å². The summed E-state index contributed by atoms with van der Waals surface area (Å²) >= 11 is 5.65. The number of hydrogen-bond acceptors (Lipinski definition) is 5. The summed E-state index contributed by atoms with van der Waals surface area (Å²) in [5.41, 5.74) is -0.499. The van der Waals surface area contributed by atoms with Gasteiger partial charge in [0.25, 0.3) is 11.6 Å². The normalized spacial score (nSPS) is 10.2. The van der Waals surface area contributed by atoms with Gasteiger partial charge in [-0.05, 0) is 12.1 Å². The summed E-state index contributed by atoms with van der Waals surface area (Å²) in [5.74, 6) is -0.576. The van der Waals surface area contributed by atoms with Crippen LogP contribution in [0.1, 0.15) is 10.4 Å². The van der Waals surface area contributed by atoms with Gasteiger partial charge in [0.15, 0.2) is 0 Å². The summed E-state index contributed by atoms with van der Waals surface area (Å²) in [6.45, 7) is 0.753. The Labute approximate surface area is 118 Å². The van der Waals surface area contributed by atoms with Gasteiger partial charge in [-0.25, -0.2) is 4.98 Å². The number of nitro groups is 1. The highest BCUT2D eigenvalue weighted by atomic mass is 35.5. The summed E-state index contributed by atoms with van der Waals surface area (Å²) < 4.78 is 1.63. The number of aromatic nitrogens is 3. The first kappa shape index (κ1) is 13.9. The van der Waals surface area contributed by atoms with E-state index in [0.29, 0.717) is 6.54 Å². The predicted octanol–water partition coefficient (Wildman–Crippen LogP) is 1.27. The molecule has 0 aliphatic carbocycles. The van der Waals surface area contributed by atoms with E-state index in [1.54, 1.807) is 23.1 Å². The maximum Gasteiger partial charge on any atom is 0.300 e. The molecule has 9 heteroatoms. The number of rotatable bonds is 5. The van der Waals surface area contributed by atoms with Gasteiger partial charge in [-0.2, -0.15) is 5.10 Å². The molecule has 20 heavy (non-hydrogen) atoms. The second-order valence-electron chi connectivity index (χ2n) is 3.81. The zero-order chi connectivity index (χ0) is 14.5. The Morgan fingerprint density at radius 3 is 3.00 bits per heavy atom. The Morgan fingerprint density at radius 1 is 1.55 bits per heavy atom. The molecule has 0 aliphatic rings. The van der Waals surface area contributed by atoms with Crippen LogP contribution in [0.3, 0.4) is 0 Å². The molecule has 2 rings (SSSR count). The Bertz CT molecular complexity index is 629. The molecule has 2 aromatic rings. The van der Waals surface area contributed by atoms with Crippen molar-refractivity contribution >= 4 is 23.2 Å². The molecule has 0 bridgehead atoms. The van der Waals surface area contributed by atoms with Crippen molar-refractivity contribution in [2.45, 2.75) is 6.54 Å². The number of carbonyl (C=O) groups is 1. The van der Waals surface area contributed by atoms with Gasteiger partial charge >= 0.3 is 0 Å². The maximum atomic E-state index is 11.9. The fourth-order valence-electron chi connectivity index (χ4n) is 1.56. The smallest absolute Gasteiger partial charge is 0.300 e. The molecule has 1 amide bonds. The van der Waals surface area contributed by atoms with Crippen LogP contribution < -0.4 is 5.32 Å². The Balaban J connectivity index is 2.05. The topological polar surface area (TPSA) is 103 Å². The van der Waals surface area contributed by atoms with E-state index in [-0.39, 0.29) is 22.9 Å². The number of carbonyl (C=O) groups excluding carboxylic acids is 1. The molecule has 1 N–H and O–H groups in total. The number of nitrogens with one attached hydrogen (secondary N) is 1. The maximum absolute atomic E-state index is 11.9. The summed E-state index contributed by atoms with van der Waals surface area (Å²) in [6.07, 6.45) is 4.33. The molecule has 8 nitrogen and oxygen atoms in total. The average Bonchev–Trinajstić information content (AvgIpc) is 2.91. The summed E-state index contributed by atoms with van der Waals surface area (Å²) in [4.78, 5) is 25.7. The minimum atomic E-state index is -0.675. The fraction of sp³-hybridized carbons (Fsp3) is 0.182. The molecule has 0 atom stereocenters. The Morgan fingerprint density at radius 2 is 2.35 bits per heavy atom. The van der Waals surface area contributed by atoms with E-state index in [9.17, 15) is 14.9 Å². The van der Waals surface area contributed by atoms with Crippen LogP contribution >= 0.6 is 11.6 Å². The second kappa shape index (κ2) is 6.11. The quantitative estimate of drug-likeness (QED) is 0.508. The van der Waals surface area contributed by atoms with Crippen molar-refractivity contribution in [3.63, 3.8) is 0 Å². The first-order valence-electron chi connectivity index (χ1n) is 5.63. The molecule has 0 radical (unpaired) electrons. The van der Waals surface area contributed by atoms with Crippen molar-refractivity contribution in [1.82, 2.24) is 20.1 Å². The van der Waals surface area contributed by atoms with Crippen LogP contribution in [-0.4, -0.2) is 32.1 Å². The van der Waals surface area contributed by atoms with E-state index < -0.39 is 10.8 Å². The first-order valence-corrected chi connectivity index (χ1v) is 6.01. The van der Waals surface area contributed by atoms with Gasteiger partial charge in [0.05, 0.1) is 11.5 Å². The second-order valence-corrected chi connectivity index (χ2v) is 4.19. The van der Waals surface area contributed by atoms with Crippen LogP contribution in [0.4, 0.5) is 5.69 Å². The molecule has 0 aromatic carbocycles. The molecule has 0 fully saturated rings. The molecule has 0 aliphatic heterocycles. The minimum Gasteiger partial charge on any atom is -0.350 e. The van der Waals surface area contributed by atoms with E-state index in [4.69, 9.17) is 11.6 Å². The summed E-state index contributed by atoms with van der Waals surface area (Å²) in [5, 5.41) is 17.4. The molecular formula is C11H10ClN5O3. The lowest BCUT2D eigenvalue weighted by Crippen LogP contribution is -2.28. The van der Waals surface area contributed by atoms with Gasteiger partial charge in [0, 0.05) is 18.9 Å². The van der Waals surface area contributed by atoms with Crippen LogP contribution in [-0.2, 0) is 6.54 Å². The average molecular weight is 296 g/mol. The standard InChI is InChI=1S/C11H10ClN5O3/c12-10-6-8(9(7-14-10)17(19)20)11(18)13-3-5-16-4-1-2-15-16/h1-2,4,6-7H,3,5H2,(H,13,18). The highest BCUT2D eigenvalue weighted by molar-refractivity contribution is 6.29. The van der Waals surface area contributed by atoms with Gasteiger partial charge < -0.3 is 5.32 Å². The van der Waals surface area contributed by atoms with E-state index in [0.717, 1.165) is 6.20 Å². The van der Waals surface area contributed by atoms with Crippen LogP contribution in [0.15, 0.2) is 30.7 Å². The van der Waals surface area contributed by atoms with Crippen molar-refractivity contribution in [1.29, 1.82) is 0 Å². The Kier molecular flexibility index (Phi) is 4.26. The van der Waals surface area contributed by atoms with Crippen LogP contribution in [0, 0.1) is 10.1 Å². The third kappa shape index (κ3) is 3.29.